The molecule has 1 aliphatic carbocycles. The average Bonchev–Trinajstić information content (AvgIpc) is 2.79. The fourth-order valence-corrected chi connectivity index (χ4v) is 3.87. The lowest BCUT2D eigenvalue weighted by Gasteiger charge is -2.31. The molecule has 4 nitrogen and oxygen atoms in total. The minimum absolute atomic E-state index is 0.326. The van der Waals surface area contributed by atoms with Crippen molar-refractivity contribution in [2.75, 3.05) is 13.2 Å². The standard InChI is InChI=1S/C17H31N3O/c1-5-20-14(4)17(13(3)19-20)12(2)18-10-15-8-6-7-9-16(15)11-21/h12,15-16,18,21H,5-11H2,1-4H3. The highest BCUT2D eigenvalue weighted by molar-refractivity contribution is 5.27. The van der Waals surface area contributed by atoms with Crippen LogP contribution in [0.2, 0.25) is 0 Å². The van der Waals surface area contributed by atoms with Gasteiger partial charge in [-0.2, -0.15) is 5.10 Å². The van der Waals surface area contributed by atoms with Crippen molar-refractivity contribution in [2.45, 2.75) is 66.0 Å². The number of aliphatic hydroxyl groups is 1. The van der Waals surface area contributed by atoms with Gasteiger partial charge in [-0.3, -0.25) is 4.68 Å². The highest BCUT2D eigenvalue weighted by Crippen LogP contribution is 2.30. The molecule has 0 spiro atoms. The molecule has 1 heterocycles. The molecule has 0 bridgehead atoms. The molecule has 0 radical (unpaired) electrons. The van der Waals surface area contributed by atoms with Gasteiger partial charge in [0.2, 0.25) is 0 Å². The molecule has 3 unspecified atom stereocenters. The fraction of sp³-hybridized carbons (Fsp3) is 0.824. The summed E-state index contributed by atoms with van der Waals surface area (Å²) >= 11 is 0. The molecule has 1 aromatic rings. The number of rotatable bonds is 6. The second-order valence-electron chi connectivity index (χ2n) is 6.52. The molecule has 3 atom stereocenters. The number of aliphatic hydroxyl groups excluding tert-OH is 1. The Morgan fingerprint density at radius 1 is 1.29 bits per heavy atom. The van der Waals surface area contributed by atoms with Crippen LogP contribution in [-0.4, -0.2) is 28.0 Å². The van der Waals surface area contributed by atoms with E-state index in [9.17, 15) is 5.11 Å². The first-order valence-corrected chi connectivity index (χ1v) is 8.46. The van der Waals surface area contributed by atoms with Crippen LogP contribution in [0.15, 0.2) is 0 Å². The molecule has 0 aromatic carbocycles. The SMILES string of the molecule is CCn1nc(C)c(C(C)NCC2CCCCC2CO)c1C. The maximum atomic E-state index is 9.53. The molecule has 1 aliphatic rings. The van der Waals surface area contributed by atoms with Crippen LogP contribution in [0.5, 0.6) is 0 Å². The summed E-state index contributed by atoms with van der Waals surface area (Å²) in [5.41, 5.74) is 3.75. The third kappa shape index (κ3) is 3.67. The van der Waals surface area contributed by atoms with Gasteiger partial charge in [0.15, 0.2) is 0 Å². The summed E-state index contributed by atoms with van der Waals surface area (Å²) in [6.45, 7) is 10.9. The van der Waals surface area contributed by atoms with Crippen molar-refractivity contribution >= 4 is 0 Å². The maximum absolute atomic E-state index is 9.53. The number of hydrogen-bond donors (Lipinski definition) is 2. The monoisotopic (exact) mass is 293 g/mol. The zero-order chi connectivity index (χ0) is 15.4. The molecule has 2 N–H and O–H groups in total. The quantitative estimate of drug-likeness (QED) is 0.848. The number of aromatic nitrogens is 2. The first-order chi connectivity index (χ1) is 10.1. The van der Waals surface area contributed by atoms with Gasteiger partial charge in [0, 0.05) is 30.5 Å². The van der Waals surface area contributed by atoms with E-state index < -0.39 is 0 Å². The topological polar surface area (TPSA) is 50.1 Å². The van der Waals surface area contributed by atoms with Crippen molar-refractivity contribution in [3.63, 3.8) is 0 Å². The minimum atomic E-state index is 0.326. The van der Waals surface area contributed by atoms with E-state index >= 15 is 0 Å². The summed E-state index contributed by atoms with van der Waals surface area (Å²) in [5, 5.41) is 17.8. The lowest BCUT2D eigenvalue weighted by atomic mass is 9.79. The molecule has 0 amide bonds. The van der Waals surface area contributed by atoms with Gasteiger partial charge in [0.05, 0.1) is 5.69 Å². The summed E-state index contributed by atoms with van der Waals surface area (Å²) in [6, 6.07) is 0.326. The van der Waals surface area contributed by atoms with Gasteiger partial charge < -0.3 is 10.4 Å². The van der Waals surface area contributed by atoms with Gasteiger partial charge in [-0.05, 0) is 58.9 Å². The highest BCUT2D eigenvalue weighted by Gasteiger charge is 2.25. The summed E-state index contributed by atoms with van der Waals surface area (Å²) in [6.07, 6.45) is 5.02. The van der Waals surface area contributed by atoms with Crippen molar-refractivity contribution in [1.82, 2.24) is 15.1 Å². The van der Waals surface area contributed by atoms with E-state index in [0.29, 0.717) is 24.5 Å². The Bertz CT molecular complexity index is 455. The van der Waals surface area contributed by atoms with Crippen molar-refractivity contribution < 1.29 is 5.11 Å². The minimum Gasteiger partial charge on any atom is -0.396 e. The van der Waals surface area contributed by atoms with Crippen molar-refractivity contribution in [3.05, 3.63) is 17.0 Å². The fourth-order valence-electron chi connectivity index (χ4n) is 3.87. The summed E-state index contributed by atoms with van der Waals surface area (Å²) in [5.74, 6) is 1.10. The van der Waals surface area contributed by atoms with Gasteiger partial charge >= 0.3 is 0 Å². The van der Waals surface area contributed by atoms with Crippen molar-refractivity contribution in [3.8, 4) is 0 Å². The van der Waals surface area contributed by atoms with E-state index in [1.807, 2.05) is 0 Å². The molecule has 0 aliphatic heterocycles. The van der Waals surface area contributed by atoms with Crippen LogP contribution in [0.25, 0.3) is 0 Å². The normalized spacial score (nSPS) is 24.2. The van der Waals surface area contributed by atoms with Gasteiger partial charge in [0.25, 0.3) is 0 Å². The number of aryl methyl sites for hydroxylation is 2. The van der Waals surface area contributed by atoms with E-state index in [1.54, 1.807) is 0 Å². The summed E-state index contributed by atoms with van der Waals surface area (Å²) < 4.78 is 2.08. The van der Waals surface area contributed by atoms with Crippen LogP contribution in [0.1, 0.15) is 62.5 Å². The van der Waals surface area contributed by atoms with E-state index in [2.05, 4.69) is 42.8 Å². The van der Waals surface area contributed by atoms with Crippen LogP contribution >= 0.6 is 0 Å². The van der Waals surface area contributed by atoms with Crippen LogP contribution in [0, 0.1) is 25.7 Å². The lowest BCUT2D eigenvalue weighted by Crippen LogP contribution is -2.33. The van der Waals surface area contributed by atoms with E-state index in [0.717, 1.165) is 18.8 Å². The molecule has 4 heteroatoms. The van der Waals surface area contributed by atoms with Crippen LogP contribution in [-0.2, 0) is 6.54 Å². The predicted molar refractivity (Wildman–Crippen MR) is 86.3 cm³/mol. The van der Waals surface area contributed by atoms with Gasteiger partial charge in [0.1, 0.15) is 0 Å². The first kappa shape index (κ1) is 16.5. The maximum Gasteiger partial charge on any atom is 0.0644 e. The molecule has 120 valence electrons. The van der Waals surface area contributed by atoms with Gasteiger partial charge in [-0.15, -0.1) is 0 Å². The molecule has 21 heavy (non-hydrogen) atoms. The third-order valence-corrected chi connectivity index (χ3v) is 5.16. The third-order valence-electron chi connectivity index (χ3n) is 5.16. The Labute approximate surface area is 128 Å². The Balaban J connectivity index is 1.98. The van der Waals surface area contributed by atoms with E-state index in [1.165, 1.54) is 36.9 Å². The van der Waals surface area contributed by atoms with E-state index in [-0.39, 0.29) is 0 Å². The molecular weight excluding hydrogens is 262 g/mol. The molecule has 1 aromatic heterocycles. The number of nitrogens with one attached hydrogen (secondary N) is 1. The van der Waals surface area contributed by atoms with Crippen molar-refractivity contribution in [1.29, 1.82) is 0 Å². The zero-order valence-corrected chi connectivity index (χ0v) is 14.0. The Morgan fingerprint density at radius 2 is 1.95 bits per heavy atom. The van der Waals surface area contributed by atoms with Crippen LogP contribution in [0.3, 0.4) is 0 Å². The van der Waals surface area contributed by atoms with Crippen LogP contribution < -0.4 is 5.32 Å². The lowest BCUT2D eigenvalue weighted by molar-refractivity contribution is 0.131. The largest absolute Gasteiger partial charge is 0.396 e. The van der Waals surface area contributed by atoms with Crippen LogP contribution in [0.4, 0.5) is 0 Å². The average molecular weight is 293 g/mol. The Morgan fingerprint density at radius 3 is 2.52 bits per heavy atom. The zero-order valence-electron chi connectivity index (χ0n) is 14.0. The Hall–Kier alpha value is -0.870. The molecule has 0 saturated heterocycles. The number of nitrogens with zero attached hydrogens (tertiary/aromatic N) is 2. The molecule has 1 fully saturated rings. The second-order valence-corrected chi connectivity index (χ2v) is 6.52. The highest BCUT2D eigenvalue weighted by atomic mass is 16.3. The predicted octanol–water partition coefficient (Wildman–Crippen LogP) is 2.97. The van der Waals surface area contributed by atoms with E-state index in [4.69, 9.17) is 0 Å². The van der Waals surface area contributed by atoms with Gasteiger partial charge in [-0.25, -0.2) is 0 Å². The van der Waals surface area contributed by atoms with Gasteiger partial charge in [-0.1, -0.05) is 12.8 Å². The Kier molecular flexibility index (Phi) is 5.82. The number of hydrogen-bond acceptors (Lipinski definition) is 3. The summed E-state index contributed by atoms with van der Waals surface area (Å²) in [4.78, 5) is 0. The second kappa shape index (κ2) is 7.41. The first-order valence-electron chi connectivity index (χ1n) is 8.46. The molecule has 2 rings (SSSR count). The van der Waals surface area contributed by atoms with Crippen molar-refractivity contribution in [2.24, 2.45) is 11.8 Å². The smallest absolute Gasteiger partial charge is 0.0644 e. The molecular formula is C17H31N3O. The summed E-state index contributed by atoms with van der Waals surface area (Å²) in [7, 11) is 0. The molecule has 1 saturated carbocycles.